The lowest BCUT2D eigenvalue weighted by Crippen LogP contribution is -2.32. The Morgan fingerprint density at radius 2 is 1.92 bits per heavy atom. The molecule has 0 spiro atoms. The van der Waals surface area contributed by atoms with Gasteiger partial charge in [0.05, 0.1) is 0 Å². The average Bonchev–Trinajstić information content (AvgIpc) is 2.98. The van der Waals surface area contributed by atoms with E-state index in [2.05, 4.69) is 25.0 Å². The summed E-state index contributed by atoms with van der Waals surface area (Å²) in [4.78, 5) is 31.9. The van der Waals surface area contributed by atoms with Crippen LogP contribution in [0.4, 0.5) is 0 Å². The molecule has 25 heavy (non-hydrogen) atoms. The van der Waals surface area contributed by atoms with Crippen LogP contribution in [0.3, 0.4) is 0 Å². The standard InChI is InChI=1S/C16H14ClN5O3/c17-12-4-2-11(3-5-12)6-9-18-13(23)10-22-15(21-25-16(22)24)14-19-7-1-8-20-14/h1-5,7-8H,6,9-10H2,(H,18,23). The van der Waals surface area contributed by atoms with E-state index in [1.165, 1.54) is 12.4 Å². The van der Waals surface area contributed by atoms with Crippen molar-refractivity contribution < 1.29 is 9.32 Å². The molecule has 0 saturated heterocycles. The number of amides is 1. The highest BCUT2D eigenvalue weighted by Gasteiger charge is 2.17. The van der Waals surface area contributed by atoms with E-state index in [9.17, 15) is 9.59 Å². The second kappa shape index (κ2) is 7.71. The van der Waals surface area contributed by atoms with Crippen LogP contribution in [0, 0.1) is 0 Å². The summed E-state index contributed by atoms with van der Waals surface area (Å²) in [7, 11) is 0. The van der Waals surface area contributed by atoms with Crippen LogP contribution in [0.25, 0.3) is 11.6 Å². The van der Waals surface area contributed by atoms with Gasteiger partial charge in [0, 0.05) is 24.0 Å². The Hall–Kier alpha value is -3.00. The molecule has 2 aromatic heterocycles. The van der Waals surface area contributed by atoms with E-state index in [-0.39, 0.29) is 24.1 Å². The smallest absolute Gasteiger partial charge is 0.354 e. The molecule has 8 nitrogen and oxygen atoms in total. The predicted octanol–water partition coefficient (Wildman–Crippen LogP) is 1.31. The van der Waals surface area contributed by atoms with E-state index < -0.39 is 5.76 Å². The maximum absolute atomic E-state index is 12.1. The van der Waals surface area contributed by atoms with Crippen molar-refractivity contribution in [3.8, 4) is 11.6 Å². The Morgan fingerprint density at radius 1 is 1.20 bits per heavy atom. The lowest BCUT2D eigenvalue weighted by atomic mass is 10.1. The minimum atomic E-state index is -0.740. The number of hydrogen-bond donors (Lipinski definition) is 1. The molecule has 0 saturated carbocycles. The zero-order chi connectivity index (χ0) is 17.6. The first-order chi connectivity index (χ1) is 12.1. The number of rotatable bonds is 6. The highest BCUT2D eigenvalue weighted by molar-refractivity contribution is 6.30. The molecule has 0 aliphatic heterocycles. The summed E-state index contributed by atoms with van der Waals surface area (Å²) in [5, 5.41) is 7.04. The number of benzene rings is 1. The summed E-state index contributed by atoms with van der Waals surface area (Å²) in [6.07, 6.45) is 3.67. The first-order valence-electron chi connectivity index (χ1n) is 7.48. The van der Waals surface area contributed by atoms with Crippen LogP contribution < -0.4 is 11.1 Å². The molecule has 2 heterocycles. The Morgan fingerprint density at radius 3 is 2.64 bits per heavy atom. The lowest BCUT2D eigenvalue weighted by Gasteiger charge is -2.06. The Bertz CT molecular complexity index is 906. The van der Waals surface area contributed by atoms with Crippen molar-refractivity contribution in [2.45, 2.75) is 13.0 Å². The second-order valence-electron chi connectivity index (χ2n) is 5.16. The topological polar surface area (TPSA) is 103 Å². The van der Waals surface area contributed by atoms with Gasteiger partial charge in [-0.1, -0.05) is 28.9 Å². The van der Waals surface area contributed by atoms with Crippen molar-refractivity contribution >= 4 is 17.5 Å². The van der Waals surface area contributed by atoms with Gasteiger partial charge < -0.3 is 5.32 Å². The number of halogens is 1. The van der Waals surface area contributed by atoms with Crippen molar-refractivity contribution in [1.82, 2.24) is 25.0 Å². The Kier molecular flexibility index (Phi) is 5.20. The monoisotopic (exact) mass is 359 g/mol. The molecule has 0 aliphatic carbocycles. The molecule has 3 aromatic rings. The molecule has 1 aromatic carbocycles. The Labute approximate surface area is 147 Å². The molecule has 1 N–H and O–H groups in total. The van der Waals surface area contributed by atoms with Crippen LogP contribution in [-0.2, 0) is 17.8 Å². The van der Waals surface area contributed by atoms with Crippen molar-refractivity contribution in [2.24, 2.45) is 0 Å². The van der Waals surface area contributed by atoms with E-state index in [1.54, 1.807) is 18.2 Å². The molecule has 0 fully saturated rings. The molecular weight excluding hydrogens is 346 g/mol. The third kappa shape index (κ3) is 4.30. The zero-order valence-electron chi connectivity index (χ0n) is 13.1. The summed E-state index contributed by atoms with van der Waals surface area (Å²) >= 11 is 5.83. The van der Waals surface area contributed by atoms with Gasteiger partial charge in [0.15, 0.2) is 5.82 Å². The largest absolute Gasteiger partial charge is 0.442 e. The normalized spacial score (nSPS) is 10.6. The minimum absolute atomic E-state index is 0.110. The summed E-state index contributed by atoms with van der Waals surface area (Å²) in [6, 6.07) is 9.01. The molecule has 0 bridgehead atoms. The second-order valence-corrected chi connectivity index (χ2v) is 5.59. The van der Waals surface area contributed by atoms with Crippen molar-refractivity contribution in [1.29, 1.82) is 0 Å². The summed E-state index contributed by atoms with van der Waals surface area (Å²) in [6.45, 7) is 0.203. The first-order valence-corrected chi connectivity index (χ1v) is 7.86. The highest BCUT2D eigenvalue weighted by atomic mass is 35.5. The summed E-state index contributed by atoms with van der Waals surface area (Å²) in [5.74, 6) is -0.757. The van der Waals surface area contributed by atoms with Gasteiger partial charge in [0.2, 0.25) is 11.7 Å². The lowest BCUT2D eigenvalue weighted by molar-refractivity contribution is -0.121. The number of nitrogens with zero attached hydrogens (tertiary/aromatic N) is 4. The third-order valence-corrected chi connectivity index (χ3v) is 3.65. The van der Waals surface area contributed by atoms with E-state index in [4.69, 9.17) is 11.6 Å². The molecule has 1 amide bonds. The van der Waals surface area contributed by atoms with Crippen LogP contribution in [0.15, 0.2) is 52.0 Å². The quantitative estimate of drug-likeness (QED) is 0.711. The van der Waals surface area contributed by atoms with Gasteiger partial charge in [0.1, 0.15) is 6.54 Å². The van der Waals surface area contributed by atoms with Gasteiger partial charge in [-0.3, -0.25) is 9.32 Å². The molecular formula is C16H14ClN5O3. The van der Waals surface area contributed by atoms with E-state index in [1.807, 2.05) is 12.1 Å². The molecule has 128 valence electrons. The number of nitrogens with one attached hydrogen (secondary N) is 1. The van der Waals surface area contributed by atoms with Crippen LogP contribution in [-0.4, -0.2) is 32.1 Å². The molecule has 9 heteroatoms. The maximum Gasteiger partial charge on any atom is 0.442 e. The van der Waals surface area contributed by atoms with Gasteiger partial charge >= 0.3 is 5.76 Å². The molecule has 0 aliphatic rings. The van der Waals surface area contributed by atoms with Gasteiger partial charge in [-0.2, -0.15) is 0 Å². The van der Waals surface area contributed by atoms with E-state index in [0.29, 0.717) is 18.0 Å². The van der Waals surface area contributed by atoms with Crippen LogP contribution in [0.1, 0.15) is 5.56 Å². The van der Waals surface area contributed by atoms with Gasteiger partial charge in [-0.05, 0) is 30.2 Å². The predicted molar refractivity (Wildman–Crippen MR) is 90.0 cm³/mol. The zero-order valence-corrected chi connectivity index (χ0v) is 13.8. The Balaban J connectivity index is 1.61. The van der Waals surface area contributed by atoms with Crippen LogP contribution in [0.2, 0.25) is 5.02 Å². The van der Waals surface area contributed by atoms with Crippen LogP contribution in [0.5, 0.6) is 0 Å². The summed E-state index contributed by atoms with van der Waals surface area (Å²) in [5.41, 5.74) is 1.05. The van der Waals surface area contributed by atoms with E-state index in [0.717, 1.165) is 10.1 Å². The fraction of sp³-hybridized carbons (Fsp3) is 0.188. The number of carbonyl (C=O) groups excluding carboxylic acids is 1. The fourth-order valence-electron chi connectivity index (χ4n) is 2.18. The SMILES string of the molecule is O=C(Cn1c(-c2ncccn2)noc1=O)NCCc1ccc(Cl)cc1. The first kappa shape index (κ1) is 16.8. The van der Waals surface area contributed by atoms with Gasteiger partial charge in [0.25, 0.3) is 0 Å². The highest BCUT2D eigenvalue weighted by Crippen LogP contribution is 2.10. The molecule has 0 atom stereocenters. The number of carbonyl (C=O) groups is 1. The average molecular weight is 360 g/mol. The molecule has 3 rings (SSSR count). The van der Waals surface area contributed by atoms with Gasteiger partial charge in [-0.15, -0.1) is 0 Å². The minimum Gasteiger partial charge on any atom is -0.354 e. The maximum atomic E-state index is 12.1. The van der Waals surface area contributed by atoms with E-state index >= 15 is 0 Å². The fourth-order valence-corrected chi connectivity index (χ4v) is 2.31. The number of hydrogen-bond acceptors (Lipinski definition) is 6. The van der Waals surface area contributed by atoms with Gasteiger partial charge in [-0.25, -0.2) is 19.3 Å². The molecule has 0 unspecified atom stereocenters. The summed E-state index contributed by atoms with van der Waals surface area (Å²) < 4.78 is 5.71. The van der Waals surface area contributed by atoms with Crippen molar-refractivity contribution in [2.75, 3.05) is 6.54 Å². The molecule has 0 radical (unpaired) electrons. The van der Waals surface area contributed by atoms with Crippen molar-refractivity contribution in [3.63, 3.8) is 0 Å². The third-order valence-electron chi connectivity index (χ3n) is 3.40. The number of aromatic nitrogens is 4. The van der Waals surface area contributed by atoms with Crippen molar-refractivity contribution in [3.05, 3.63) is 63.9 Å². The van der Waals surface area contributed by atoms with Crippen LogP contribution >= 0.6 is 11.6 Å².